The number of hydrogen-bond donors (Lipinski definition) is 2. The molecule has 2 N–H and O–H groups in total. The van der Waals surface area contributed by atoms with Crippen LogP contribution in [-0.4, -0.2) is 45.8 Å². The van der Waals surface area contributed by atoms with Gasteiger partial charge < -0.3 is 14.7 Å². The van der Waals surface area contributed by atoms with Gasteiger partial charge in [0.05, 0.1) is 12.3 Å². The maximum atomic E-state index is 13.2. The number of ether oxygens (including phenoxy) is 1. The summed E-state index contributed by atoms with van der Waals surface area (Å²) in [6.45, 7) is 3.50. The van der Waals surface area contributed by atoms with Crippen LogP contribution in [0.15, 0.2) is 30.3 Å². The first-order valence-corrected chi connectivity index (χ1v) is 8.88. The minimum atomic E-state index is -0.364. The topological polar surface area (TPSA) is 78.5 Å². The lowest BCUT2D eigenvalue weighted by Crippen LogP contribution is -2.47. The zero-order valence-corrected chi connectivity index (χ0v) is 14.9. The van der Waals surface area contributed by atoms with Crippen molar-refractivity contribution in [3.63, 3.8) is 0 Å². The third-order valence-corrected chi connectivity index (χ3v) is 5.07. The molecule has 1 atom stereocenters. The Bertz CT molecular complexity index is 758. The fourth-order valence-electron chi connectivity index (χ4n) is 3.34. The Kier molecular flexibility index (Phi) is 5.56. The molecular formula is C19H24FN3O3. The second kappa shape index (κ2) is 7.86. The summed E-state index contributed by atoms with van der Waals surface area (Å²) < 4.78 is 18.7. The molecule has 6 nitrogen and oxygen atoms in total. The van der Waals surface area contributed by atoms with E-state index in [0.717, 1.165) is 19.3 Å². The number of halogens is 1. The van der Waals surface area contributed by atoms with Gasteiger partial charge in [-0.3, -0.25) is 9.89 Å². The van der Waals surface area contributed by atoms with Gasteiger partial charge >= 0.3 is 0 Å². The average molecular weight is 361 g/mol. The number of H-pyrrole nitrogens is 1. The molecule has 26 heavy (non-hydrogen) atoms. The molecule has 1 saturated heterocycles. The number of nitrogens with one attached hydrogen (secondary N) is 1. The molecule has 2 heterocycles. The highest BCUT2D eigenvalue weighted by Crippen LogP contribution is 2.33. The molecule has 1 aromatic heterocycles. The number of hydrogen-bond acceptors (Lipinski definition) is 4. The number of rotatable bonds is 6. The highest BCUT2D eigenvalue weighted by Gasteiger charge is 2.36. The molecule has 7 heteroatoms. The summed E-state index contributed by atoms with van der Waals surface area (Å²) in [5.41, 5.74) is 0.749. The fraction of sp³-hybridized carbons (Fsp3) is 0.474. The van der Waals surface area contributed by atoms with Gasteiger partial charge in [-0.05, 0) is 37.5 Å². The Hall–Kier alpha value is -2.41. The predicted molar refractivity (Wildman–Crippen MR) is 94.3 cm³/mol. The fourth-order valence-corrected chi connectivity index (χ4v) is 3.34. The van der Waals surface area contributed by atoms with Crippen molar-refractivity contribution in [3.05, 3.63) is 47.5 Å². The largest absolute Gasteiger partial charge is 0.487 e. The summed E-state index contributed by atoms with van der Waals surface area (Å²) in [6.07, 6.45) is 2.64. The van der Waals surface area contributed by atoms with Gasteiger partial charge in [-0.25, -0.2) is 4.39 Å². The molecule has 1 aromatic carbocycles. The summed E-state index contributed by atoms with van der Waals surface area (Å²) in [7, 11) is 0. The molecule has 1 unspecified atom stereocenters. The van der Waals surface area contributed by atoms with Crippen molar-refractivity contribution >= 4 is 5.91 Å². The van der Waals surface area contributed by atoms with Crippen LogP contribution in [0.25, 0.3) is 0 Å². The highest BCUT2D eigenvalue weighted by atomic mass is 19.1. The zero-order valence-electron chi connectivity index (χ0n) is 14.9. The number of nitrogens with zero attached hydrogens (tertiary/aromatic N) is 2. The second-order valence-corrected chi connectivity index (χ2v) is 6.87. The number of aromatic nitrogens is 2. The third-order valence-electron chi connectivity index (χ3n) is 5.07. The molecular weight excluding hydrogens is 337 g/mol. The van der Waals surface area contributed by atoms with E-state index < -0.39 is 0 Å². The van der Waals surface area contributed by atoms with Gasteiger partial charge in [-0.15, -0.1) is 0 Å². The highest BCUT2D eigenvalue weighted by molar-refractivity contribution is 5.92. The van der Waals surface area contributed by atoms with E-state index in [-0.39, 0.29) is 30.4 Å². The summed E-state index contributed by atoms with van der Waals surface area (Å²) in [5, 5.41) is 16.6. The van der Waals surface area contributed by atoms with E-state index >= 15 is 0 Å². The maximum Gasteiger partial charge on any atom is 0.274 e. The predicted octanol–water partition coefficient (Wildman–Crippen LogP) is 2.75. The van der Waals surface area contributed by atoms with Crippen molar-refractivity contribution in [3.8, 4) is 5.75 Å². The molecule has 0 radical (unpaired) electrons. The van der Waals surface area contributed by atoms with Gasteiger partial charge in [-0.1, -0.05) is 13.0 Å². The number of carbonyl (C=O) groups excluding carboxylic acids is 1. The smallest absolute Gasteiger partial charge is 0.274 e. The zero-order chi connectivity index (χ0) is 18.6. The standard InChI is InChI=1S/C19H24FN3O3/c1-2-19(13-24)7-4-8-23(12-19)18(25)17-10-15(21-22-17)11-26-16-6-3-5-14(20)9-16/h3,5-6,9-10,24H,2,4,7-8,11-13H2,1H3,(H,21,22). The maximum absolute atomic E-state index is 13.2. The van der Waals surface area contributed by atoms with E-state index in [1.54, 1.807) is 23.1 Å². The number of likely N-dealkylation sites (tertiary alicyclic amines) is 1. The first-order chi connectivity index (χ1) is 12.5. The molecule has 3 rings (SSSR count). The first-order valence-electron chi connectivity index (χ1n) is 8.88. The van der Waals surface area contributed by atoms with E-state index in [1.807, 2.05) is 6.92 Å². The van der Waals surface area contributed by atoms with Crippen LogP contribution in [0.1, 0.15) is 42.4 Å². The molecule has 0 saturated carbocycles. The number of piperidine rings is 1. The normalized spacial score (nSPS) is 20.2. The Morgan fingerprint density at radius 1 is 1.46 bits per heavy atom. The van der Waals surface area contributed by atoms with Gasteiger partial charge in [0.25, 0.3) is 5.91 Å². The van der Waals surface area contributed by atoms with Crippen molar-refractivity contribution in [2.75, 3.05) is 19.7 Å². The van der Waals surface area contributed by atoms with Crippen molar-refractivity contribution in [2.24, 2.45) is 5.41 Å². The Morgan fingerprint density at radius 3 is 3.04 bits per heavy atom. The molecule has 0 spiro atoms. The monoisotopic (exact) mass is 361 g/mol. The number of amides is 1. The minimum absolute atomic E-state index is 0.0839. The minimum Gasteiger partial charge on any atom is -0.487 e. The average Bonchev–Trinajstić information content (AvgIpc) is 3.15. The van der Waals surface area contributed by atoms with Crippen LogP contribution in [0.5, 0.6) is 5.75 Å². The van der Waals surface area contributed by atoms with Crippen molar-refractivity contribution in [1.29, 1.82) is 0 Å². The van der Waals surface area contributed by atoms with E-state index in [1.165, 1.54) is 12.1 Å². The summed E-state index contributed by atoms with van der Waals surface area (Å²) >= 11 is 0. The lowest BCUT2D eigenvalue weighted by Gasteiger charge is -2.41. The van der Waals surface area contributed by atoms with E-state index in [4.69, 9.17) is 4.74 Å². The molecule has 0 bridgehead atoms. The third kappa shape index (κ3) is 4.04. The summed E-state index contributed by atoms with van der Waals surface area (Å²) in [6, 6.07) is 7.54. The van der Waals surface area contributed by atoms with Crippen LogP contribution in [0.3, 0.4) is 0 Å². The molecule has 2 aromatic rings. The van der Waals surface area contributed by atoms with Gasteiger partial charge in [0, 0.05) is 24.6 Å². The van der Waals surface area contributed by atoms with Crippen LogP contribution >= 0.6 is 0 Å². The SMILES string of the molecule is CCC1(CO)CCCN(C(=O)c2cc(COc3cccc(F)c3)[nH]n2)C1. The number of aromatic amines is 1. The van der Waals surface area contributed by atoms with E-state index in [0.29, 0.717) is 30.2 Å². The number of benzene rings is 1. The van der Waals surface area contributed by atoms with E-state index in [2.05, 4.69) is 10.2 Å². The van der Waals surface area contributed by atoms with Gasteiger partial charge in [0.15, 0.2) is 5.69 Å². The van der Waals surface area contributed by atoms with Crippen molar-refractivity contribution < 1.29 is 19.0 Å². The quantitative estimate of drug-likeness (QED) is 0.829. The van der Waals surface area contributed by atoms with E-state index in [9.17, 15) is 14.3 Å². The van der Waals surface area contributed by atoms with Crippen LogP contribution in [0.2, 0.25) is 0 Å². The molecule has 0 aliphatic carbocycles. The van der Waals surface area contributed by atoms with Crippen LogP contribution in [-0.2, 0) is 6.61 Å². The summed E-state index contributed by atoms with van der Waals surface area (Å²) in [5.74, 6) is -0.0974. The Labute approximate surface area is 152 Å². The van der Waals surface area contributed by atoms with Crippen molar-refractivity contribution in [2.45, 2.75) is 32.8 Å². The van der Waals surface area contributed by atoms with Crippen LogP contribution < -0.4 is 4.74 Å². The number of carbonyl (C=O) groups is 1. The molecule has 1 fully saturated rings. The van der Waals surface area contributed by atoms with Crippen LogP contribution in [0.4, 0.5) is 4.39 Å². The first kappa shape index (κ1) is 18.4. The van der Waals surface area contributed by atoms with Gasteiger partial charge in [-0.2, -0.15) is 5.10 Å². The number of aliphatic hydroxyl groups excluding tert-OH is 1. The lowest BCUT2D eigenvalue weighted by molar-refractivity contribution is 0.0248. The molecule has 1 aliphatic rings. The molecule has 1 amide bonds. The second-order valence-electron chi connectivity index (χ2n) is 6.87. The molecule has 1 aliphatic heterocycles. The Morgan fingerprint density at radius 2 is 2.31 bits per heavy atom. The van der Waals surface area contributed by atoms with Gasteiger partial charge in [0.2, 0.25) is 0 Å². The Balaban J connectivity index is 1.62. The number of aliphatic hydroxyl groups is 1. The van der Waals surface area contributed by atoms with Crippen molar-refractivity contribution in [1.82, 2.24) is 15.1 Å². The molecule has 140 valence electrons. The van der Waals surface area contributed by atoms with Crippen LogP contribution in [0, 0.1) is 11.2 Å². The van der Waals surface area contributed by atoms with Gasteiger partial charge in [0.1, 0.15) is 18.2 Å². The summed E-state index contributed by atoms with van der Waals surface area (Å²) in [4.78, 5) is 14.5. The lowest BCUT2D eigenvalue weighted by atomic mass is 9.78.